The van der Waals surface area contributed by atoms with Gasteiger partial charge in [0.05, 0.1) is 0 Å². The number of hydrogen-bond acceptors (Lipinski definition) is 2. The molecular formula is C3H2F6O2. The minimum Gasteiger partial charge on any atom is -0.232 e. The molecule has 2 nitrogen and oxygen atoms in total. The summed E-state index contributed by atoms with van der Waals surface area (Å²) in [6.07, 6.45) is -4.96. The molecule has 0 N–H and O–H groups in total. The first-order valence-corrected chi connectivity index (χ1v) is 2.13. The Labute approximate surface area is 56.7 Å². The fourth-order valence-corrected chi connectivity index (χ4v) is 0.235. The van der Waals surface area contributed by atoms with Gasteiger partial charge in [-0.25, -0.2) is 9.47 Å². The number of hydrogen-bond donors (Lipinski definition) is 0. The molecule has 0 amide bonds. The number of halogens is 6. The molecule has 0 unspecified atom stereocenters. The zero-order chi connectivity index (χ0) is 9.07. The van der Waals surface area contributed by atoms with Crippen molar-refractivity contribution >= 4 is 0 Å². The van der Waals surface area contributed by atoms with Gasteiger partial charge in [-0.3, -0.25) is 0 Å². The van der Waals surface area contributed by atoms with E-state index in [-0.39, 0.29) is 0 Å². The Balaban J connectivity index is 3.79. The summed E-state index contributed by atoms with van der Waals surface area (Å²) in [5.41, 5.74) is 0. The van der Waals surface area contributed by atoms with Gasteiger partial charge in [0, 0.05) is 0 Å². The molecule has 0 aromatic carbocycles. The summed E-state index contributed by atoms with van der Waals surface area (Å²) >= 11 is 0. The van der Waals surface area contributed by atoms with Gasteiger partial charge in [-0.1, -0.05) is 0 Å². The van der Waals surface area contributed by atoms with Gasteiger partial charge in [-0.05, 0) is 0 Å². The van der Waals surface area contributed by atoms with Crippen LogP contribution in [-0.2, 0) is 9.47 Å². The van der Waals surface area contributed by atoms with E-state index in [1.54, 1.807) is 0 Å². The van der Waals surface area contributed by atoms with Crippen molar-refractivity contribution in [3.8, 4) is 0 Å². The third-order valence-corrected chi connectivity index (χ3v) is 0.453. The summed E-state index contributed by atoms with van der Waals surface area (Å²) in [7, 11) is 0. The zero-order valence-electron chi connectivity index (χ0n) is 4.74. The van der Waals surface area contributed by atoms with E-state index in [1.165, 1.54) is 0 Å². The molecule has 0 bridgehead atoms. The molecule has 68 valence electrons. The predicted octanol–water partition coefficient (Wildman–Crippen LogP) is 2.02. The zero-order valence-corrected chi connectivity index (χ0v) is 4.74. The molecular weight excluding hydrogens is 182 g/mol. The first-order valence-electron chi connectivity index (χ1n) is 2.13. The van der Waals surface area contributed by atoms with E-state index in [9.17, 15) is 26.3 Å². The van der Waals surface area contributed by atoms with Crippen LogP contribution >= 0.6 is 0 Å². The number of rotatable bonds is 4. The fraction of sp³-hybridized carbons (Fsp3) is 1.00. The van der Waals surface area contributed by atoms with E-state index in [0.29, 0.717) is 0 Å². The minimum atomic E-state index is -4.96. The molecule has 0 aliphatic rings. The molecule has 0 rings (SSSR count). The van der Waals surface area contributed by atoms with Gasteiger partial charge in [0.1, 0.15) is 0 Å². The van der Waals surface area contributed by atoms with Crippen molar-refractivity contribution in [3.05, 3.63) is 0 Å². The van der Waals surface area contributed by atoms with Crippen molar-refractivity contribution < 1.29 is 35.8 Å². The molecule has 0 aromatic rings. The van der Waals surface area contributed by atoms with E-state index in [0.717, 1.165) is 0 Å². The lowest BCUT2D eigenvalue weighted by Crippen LogP contribution is -2.29. The molecule has 0 aromatic heterocycles. The average molecular weight is 184 g/mol. The topological polar surface area (TPSA) is 18.5 Å². The molecule has 0 spiro atoms. The van der Waals surface area contributed by atoms with Crippen LogP contribution in [0.1, 0.15) is 0 Å². The summed E-state index contributed by atoms with van der Waals surface area (Å²) in [5.74, 6) is 0. The van der Waals surface area contributed by atoms with E-state index in [2.05, 4.69) is 9.47 Å². The first-order chi connectivity index (χ1) is 4.83. The lowest BCUT2D eigenvalue weighted by atomic mass is 11.1. The van der Waals surface area contributed by atoms with Crippen LogP contribution in [-0.4, -0.2) is 19.5 Å². The summed E-state index contributed by atoms with van der Waals surface area (Å²) < 4.78 is 71.6. The van der Waals surface area contributed by atoms with Gasteiger partial charge in [-0.2, -0.15) is 17.6 Å². The van der Waals surface area contributed by atoms with Crippen LogP contribution in [0.3, 0.4) is 0 Å². The van der Waals surface area contributed by atoms with Crippen LogP contribution in [0.15, 0.2) is 0 Å². The standard InChI is InChI=1S/C3H2F6O2/c4-1(5)10-3(8,9)11-2(6)7/h1-2H. The van der Waals surface area contributed by atoms with Gasteiger partial charge < -0.3 is 0 Å². The lowest BCUT2D eigenvalue weighted by molar-refractivity contribution is -0.466. The van der Waals surface area contributed by atoms with Crippen molar-refractivity contribution in [1.82, 2.24) is 0 Å². The SMILES string of the molecule is FC(F)OC(F)(F)OC(F)F. The highest BCUT2D eigenvalue weighted by atomic mass is 19.3. The third-order valence-electron chi connectivity index (χ3n) is 0.453. The monoisotopic (exact) mass is 184 g/mol. The molecule has 0 aliphatic heterocycles. The van der Waals surface area contributed by atoms with Crippen LogP contribution in [0.5, 0.6) is 0 Å². The Morgan fingerprint density at radius 3 is 1.27 bits per heavy atom. The van der Waals surface area contributed by atoms with Gasteiger partial charge in [0.25, 0.3) is 0 Å². The van der Waals surface area contributed by atoms with E-state index in [1.807, 2.05) is 0 Å². The average Bonchev–Trinajstić information content (AvgIpc) is 1.53. The summed E-state index contributed by atoms with van der Waals surface area (Å²) in [6, 6.07) is 0. The predicted molar refractivity (Wildman–Crippen MR) is 19.1 cm³/mol. The van der Waals surface area contributed by atoms with Gasteiger partial charge in [0.15, 0.2) is 0 Å². The maximum atomic E-state index is 11.5. The van der Waals surface area contributed by atoms with Crippen molar-refractivity contribution in [1.29, 1.82) is 0 Å². The molecule has 0 saturated carbocycles. The van der Waals surface area contributed by atoms with Crippen molar-refractivity contribution in [3.63, 3.8) is 0 Å². The molecule has 11 heavy (non-hydrogen) atoms. The smallest absolute Gasteiger partial charge is 0.232 e. The largest absolute Gasteiger partial charge is 0.494 e. The van der Waals surface area contributed by atoms with Crippen LogP contribution in [0.25, 0.3) is 0 Å². The maximum absolute atomic E-state index is 11.5. The Morgan fingerprint density at radius 2 is 1.09 bits per heavy atom. The highest BCUT2D eigenvalue weighted by molar-refractivity contribution is 4.30. The summed E-state index contributed by atoms with van der Waals surface area (Å²) in [5, 5.41) is 0. The Hall–Kier alpha value is -0.500. The molecule has 0 fully saturated rings. The van der Waals surface area contributed by atoms with Crippen LogP contribution in [0.4, 0.5) is 26.3 Å². The van der Waals surface area contributed by atoms with E-state index < -0.39 is 19.5 Å². The summed E-state index contributed by atoms with van der Waals surface area (Å²) in [6.45, 7) is -7.74. The van der Waals surface area contributed by atoms with Gasteiger partial charge >= 0.3 is 19.5 Å². The normalized spacial score (nSPS) is 13.1. The quantitative estimate of drug-likeness (QED) is 0.491. The molecule has 8 heteroatoms. The van der Waals surface area contributed by atoms with Gasteiger partial charge in [-0.15, -0.1) is 8.78 Å². The Morgan fingerprint density at radius 1 is 0.818 bits per heavy atom. The fourth-order valence-electron chi connectivity index (χ4n) is 0.235. The molecule has 0 saturated heterocycles. The summed E-state index contributed by atoms with van der Waals surface area (Å²) in [4.78, 5) is 0. The van der Waals surface area contributed by atoms with Crippen molar-refractivity contribution in [2.24, 2.45) is 0 Å². The highest BCUT2D eigenvalue weighted by Crippen LogP contribution is 2.22. The second-order valence-electron chi connectivity index (χ2n) is 1.22. The third kappa shape index (κ3) is 5.92. The van der Waals surface area contributed by atoms with E-state index >= 15 is 0 Å². The lowest BCUT2D eigenvalue weighted by Gasteiger charge is -2.14. The van der Waals surface area contributed by atoms with Gasteiger partial charge in [0.2, 0.25) is 0 Å². The molecule has 0 aliphatic carbocycles. The van der Waals surface area contributed by atoms with E-state index in [4.69, 9.17) is 0 Å². The number of alkyl halides is 6. The first kappa shape index (κ1) is 10.5. The van der Waals surface area contributed by atoms with Crippen LogP contribution in [0.2, 0.25) is 0 Å². The second kappa shape index (κ2) is 3.77. The highest BCUT2D eigenvalue weighted by Gasteiger charge is 2.39. The van der Waals surface area contributed by atoms with Crippen LogP contribution < -0.4 is 0 Å². The van der Waals surface area contributed by atoms with Crippen molar-refractivity contribution in [2.45, 2.75) is 19.5 Å². The second-order valence-corrected chi connectivity index (χ2v) is 1.22. The maximum Gasteiger partial charge on any atom is 0.494 e. The molecule has 0 radical (unpaired) electrons. The Kier molecular flexibility index (Phi) is 3.59. The minimum absolute atomic E-state index is 2.38. The van der Waals surface area contributed by atoms with Crippen molar-refractivity contribution in [2.75, 3.05) is 0 Å². The molecule has 0 heterocycles. The molecule has 0 atom stereocenters. The van der Waals surface area contributed by atoms with Crippen LogP contribution in [0, 0.1) is 0 Å². The Bertz CT molecular complexity index is 102. The number of ether oxygens (including phenoxy) is 2.